The summed E-state index contributed by atoms with van der Waals surface area (Å²) in [7, 11) is 0. The number of halogens is 3. The monoisotopic (exact) mass is 362 g/mol. The standard InChI is InChI=1S/C11H9BrCl2N4O/c12-7-2-8(13)11(9(14)3-7)18-5-6(1-10(18)19)4-16-17-15/h2-3,6H,1,4-5H2. The average Bonchev–Trinajstić information content (AvgIpc) is 2.67. The van der Waals surface area contributed by atoms with Crippen molar-refractivity contribution in [3.05, 3.63) is 37.1 Å². The van der Waals surface area contributed by atoms with Gasteiger partial charge in [-0.2, -0.15) is 0 Å². The molecule has 0 N–H and O–H groups in total. The van der Waals surface area contributed by atoms with Crippen LogP contribution in [0.4, 0.5) is 5.69 Å². The first-order valence-electron chi connectivity index (χ1n) is 5.48. The minimum absolute atomic E-state index is 0.000759. The van der Waals surface area contributed by atoms with E-state index in [1.165, 1.54) is 0 Å². The quantitative estimate of drug-likeness (QED) is 0.445. The zero-order chi connectivity index (χ0) is 14.0. The van der Waals surface area contributed by atoms with E-state index in [-0.39, 0.29) is 11.8 Å². The van der Waals surface area contributed by atoms with Crippen LogP contribution in [0.15, 0.2) is 21.7 Å². The third kappa shape index (κ3) is 3.15. The molecular formula is C11H9BrCl2N4O. The van der Waals surface area contributed by atoms with Crippen molar-refractivity contribution in [1.29, 1.82) is 0 Å². The summed E-state index contributed by atoms with van der Waals surface area (Å²) in [5, 5.41) is 4.33. The molecule has 1 amide bonds. The summed E-state index contributed by atoms with van der Waals surface area (Å²) < 4.78 is 0.753. The van der Waals surface area contributed by atoms with Crippen molar-refractivity contribution in [1.82, 2.24) is 0 Å². The van der Waals surface area contributed by atoms with Crippen LogP contribution in [0.3, 0.4) is 0 Å². The molecule has 1 aliphatic heterocycles. The molecule has 0 bridgehead atoms. The van der Waals surface area contributed by atoms with Gasteiger partial charge in [-0.3, -0.25) is 4.79 Å². The fourth-order valence-corrected chi connectivity index (χ4v) is 3.48. The number of amides is 1. The summed E-state index contributed by atoms with van der Waals surface area (Å²) in [4.78, 5) is 16.3. The van der Waals surface area contributed by atoms with Crippen LogP contribution in [0.5, 0.6) is 0 Å². The molecule has 0 spiro atoms. The molecule has 1 heterocycles. The smallest absolute Gasteiger partial charge is 0.227 e. The molecule has 0 saturated carbocycles. The predicted molar refractivity (Wildman–Crippen MR) is 78.6 cm³/mol. The van der Waals surface area contributed by atoms with Crippen LogP contribution in [0.1, 0.15) is 6.42 Å². The summed E-state index contributed by atoms with van der Waals surface area (Å²) in [6, 6.07) is 3.38. The van der Waals surface area contributed by atoms with Gasteiger partial charge in [0.25, 0.3) is 0 Å². The number of anilines is 1. The molecule has 8 heteroatoms. The molecule has 100 valence electrons. The van der Waals surface area contributed by atoms with Crippen LogP contribution in [-0.4, -0.2) is 19.0 Å². The lowest BCUT2D eigenvalue weighted by Crippen LogP contribution is -2.25. The highest BCUT2D eigenvalue weighted by atomic mass is 79.9. The van der Waals surface area contributed by atoms with Crippen molar-refractivity contribution in [3.63, 3.8) is 0 Å². The molecular weight excluding hydrogens is 355 g/mol. The highest BCUT2D eigenvalue weighted by Crippen LogP contribution is 2.39. The largest absolute Gasteiger partial charge is 0.309 e. The highest BCUT2D eigenvalue weighted by molar-refractivity contribution is 9.10. The number of rotatable bonds is 3. The lowest BCUT2D eigenvalue weighted by Gasteiger charge is -2.19. The molecule has 0 aromatic heterocycles. The van der Waals surface area contributed by atoms with E-state index in [0.29, 0.717) is 35.2 Å². The van der Waals surface area contributed by atoms with E-state index in [1.54, 1.807) is 17.0 Å². The Balaban J connectivity index is 2.28. The lowest BCUT2D eigenvalue weighted by atomic mass is 10.1. The van der Waals surface area contributed by atoms with Crippen LogP contribution >= 0.6 is 39.1 Å². The number of carbonyl (C=O) groups is 1. The summed E-state index contributed by atoms with van der Waals surface area (Å²) in [5.74, 6) is -0.0663. The minimum Gasteiger partial charge on any atom is -0.309 e. The van der Waals surface area contributed by atoms with Crippen LogP contribution < -0.4 is 4.90 Å². The fraction of sp³-hybridized carbons (Fsp3) is 0.364. The van der Waals surface area contributed by atoms with Crippen LogP contribution in [0.2, 0.25) is 10.0 Å². The number of azide groups is 1. The van der Waals surface area contributed by atoms with E-state index in [0.717, 1.165) is 4.47 Å². The van der Waals surface area contributed by atoms with Crippen LogP contribution in [-0.2, 0) is 4.79 Å². The number of hydrogen-bond donors (Lipinski definition) is 0. The molecule has 0 aliphatic carbocycles. The Morgan fingerprint density at radius 2 is 2.11 bits per heavy atom. The Morgan fingerprint density at radius 3 is 2.68 bits per heavy atom. The first-order chi connectivity index (χ1) is 9.02. The fourth-order valence-electron chi connectivity index (χ4n) is 2.06. The van der Waals surface area contributed by atoms with E-state index in [4.69, 9.17) is 28.7 Å². The number of carbonyl (C=O) groups excluding carboxylic acids is 1. The van der Waals surface area contributed by atoms with Crippen molar-refractivity contribution in [2.45, 2.75) is 6.42 Å². The van der Waals surface area contributed by atoms with E-state index in [1.807, 2.05) is 0 Å². The molecule has 1 saturated heterocycles. The maximum absolute atomic E-state index is 12.0. The van der Waals surface area contributed by atoms with Gasteiger partial charge >= 0.3 is 0 Å². The summed E-state index contributed by atoms with van der Waals surface area (Å²) in [6.07, 6.45) is 0.335. The molecule has 1 fully saturated rings. The Hall–Kier alpha value is -0.940. The lowest BCUT2D eigenvalue weighted by molar-refractivity contribution is -0.117. The van der Waals surface area contributed by atoms with Gasteiger partial charge in [-0.1, -0.05) is 44.2 Å². The van der Waals surface area contributed by atoms with Crippen LogP contribution in [0, 0.1) is 5.92 Å². The van der Waals surface area contributed by atoms with Crippen LogP contribution in [0.25, 0.3) is 10.4 Å². The highest BCUT2D eigenvalue weighted by Gasteiger charge is 2.32. The first kappa shape index (κ1) is 14.5. The normalized spacial score (nSPS) is 18.6. The molecule has 1 atom stereocenters. The molecule has 1 aromatic rings. The number of nitrogens with zero attached hydrogens (tertiary/aromatic N) is 4. The first-order valence-corrected chi connectivity index (χ1v) is 7.03. The molecule has 0 radical (unpaired) electrons. The van der Waals surface area contributed by atoms with Gasteiger partial charge in [-0.25, -0.2) is 0 Å². The third-order valence-electron chi connectivity index (χ3n) is 2.86. The SMILES string of the molecule is [N-]=[N+]=NCC1CC(=O)N(c2c(Cl)cc(Br)cc2Cl)C1. The molecule has 5 nitrogen and oxygen atoms in total. The van der Waals surface area contributed by atoms with Crippen molar-refractivity contribution in [2.24, 2.45) is 11.0 Å². The maximum Gasteiger partial charge on any atom is 0.227 e. The van der Waals surface area contributed by atoms with Gasteiger partial charge in [0.1, 0.15) is 0 Å². The number of hydrogen-bond acceptors (Lipinski definition) is 2. The summed E-state index contributed by atoms with van der Waals surface area (Å²) >= 11 is 15.6. The van der Waals surface area contributed by atoms with E-state index in [2.05, 4.69) is 26.0 Å². The zero-order valence-corrected chi connectivity index (χ0v) is 12.8. The molecule has 1 aromatic carbocycles. The second-order valence-electron chi connectivity index (χ2n) is 4.21. The average molecular weight is 364 g/mol. The predicted octanol–water partition coefficient (Wildman–Crippen LogP) is 4.42. The second-order valence-corrected chi connectivity index (χ2v) is 5.94. The number of benzene rings is 1. The topological polar surface area (TPSA) is 69.1 Å². The van der Waals surface area contributed by atoms with Crippen molar-refractivity contribution < 1.29 is 4.79 Å². The third-order valence-corrected chi connectivity index (χ3v) is 3.89. The Morgan fingerprint density at radius 1 is 1.47 bits per heavy atom. The molecule has 1 aliphatic rings. The minimum atomic E-state index is -0.0655. The molecule has 19 heavy (non-hydrogen) atoms. The van der Waals surface area contributed by atoms with Gasteiger partial charge in [0.15, 0.2) is 0 Å². The van der Waals surface area contributed by atoms with Crippen molar-refractivity contribution in [2.75, 3.05) is 18.0 Å². The van der Waals surface area contributed by atoms with E-state index in [9.17, 15) is 4.79 Å². The summed E-state index contributed by atoms with van der Waals surface area (Å²) in [6.45, 7) is 0.753. The summed E-state index contributed by atoms with van der Waals surface area (Å²) in [5.41, 5.74) is 8.82. The van der Waals surface area contributed by atoms with Gasteiger partial charge < -0.3 is 4.90 Å². The zero-order valence-electron chi connectivity index (χ0n) is 9.68. The van der Waals surface area contributed by atoms with Gasteiger partial charge in [-0.05, 0) is 23.6 Å². The molecule has 2 rings (SSSR count). The van der Waals surface area contributed by atoms with Crippen molar-refractivity contribution in [3.8, 4) is 0 Å². The van der Waals surface area contributed by atoms with Gasteiger partial charge in [0.05, 0.1) is 15.7 Å². The second kappa shape index (κ2) is 6.01. The van der Waals surface area contributed by atoms with Gasteiger partial charge in [0, 0.05) is 28.9 Å². The van der Waals surface area contributed by atoms with Gasteiger partial charge in [-0.15, -0.1) is 0 Å². The Bertz CT molecular complexity index is 551. The maximum atomic E-state index is 12.0. The van der Waals surface area contributed by atoms with Crippen molar-refractivity contribution >= 4 is 50.7 Å². The molecule has 1 unspecified atom stereocenters. The Kier molecular flexibility index (Phi) is 4.58. The Labute approximate surface area is 128 Å². The van der Waals surface area contributed by atoms with E-state index >= 15 is 0 Å². The van der Waals surface area contributed by atoms with E-state index < -0.39 is 0 Å². The van der Waals surface area contributed by atoms with Gasteiger partial charge in [0.2, 0.25) is 5.91 Å².